The van der Waals surface area contributed by atoms with E-state index in [9.17, 15) is 18.4 Å². The molecule has 0 radical (unpaired) electrons. The lowest BCUT2D eigenvalue weighted by molar-refractivity contribution is -0.122. The zero-order valence-corrected chi connectivity index (χ0v) is 15.5. The quantitative estimate of drug-likeness (QED) is 0.670. The highest BCUT2D eigenvalue weighted by Gasteiger charge is 2.30. The Morgan fingerprint density at radius 2 is 2.00 bits per heavy atom. The Bertz CT molecular complexity index is 854. The maximum atomic E-state index is 13.1. The minimum absolute atomic E-state index is 0.0985. The molecule has 0 bridgehead atoms. The topological polar surface area (TPSA) is 88.9 Å². The first kappa shape index (κ1) is 19.3. The van der Waals surface area contributed by atoms with E-state index >= 15 is 0 Å². The second-order valence-corrected chi connectivity index (χ2v) is 7.04. The predicted molar refractivity (Wildman–Crippen MR) is 96.4 cm³/mol. The number of hydrogen-bond acceptors (Lipinski definition) is 5. The Hall–Kier alpha value is -2.49. The first-order valence-electron chi connectivity index (χ1n) is 8.55. The minimum atomic E-state index is -1.06. The normalized spacial score (nSPS) is 13.4. The minimum Gasteiger partial charge on any atom is -0.346 e. The van der Waals surface area contributed by atoms with Crippen LogP contribution in [0.4, 0.5) is 14.5 Å². The highest BCUT2D eigenvalue weighted by molar-refractivity contribution is 7.99. The standard InChI is InChI=1S/C17H19F2N5O2S/c1-2-24-16(10-3-4-10)22-23-17(24)27-9-15(26)20-8-14(25)21-11-5-6-12(18)13(19)7-11/h5-7,10H,2-4,8-9H2,1H3,(H,20,26)(H,21,25). The number of hydrogen-bond donors (Lipinski definition) is 2. The maximum absolute atomic E-state index is 13.1. The molecule has 2 N–H and O–H groups in total. The molecule has 0 spiro atoms. The Balaban J connectivity index is 1.44. The molecule has 10 heteroatoms. The lowest BCUT2D eigenvalue weighted by atomic mass is 10.3. The first-order valence-corrected chi connectivity index (χ1v) is 9.54. The number of rotatable bonds is 8. The molecule has 0 unspecified atom stereocenters. The summed E-state index contributed by atoms with van der Waals surface area (Å²) in [5.74, 6) is -1.39. The van der Waals surface area contributed by atoms with Crippen LogP contribution in [0.1, 0.15) is 31.5 Å². The molecular formula is C17H19F2N5O2S. The van der Waals surface area contributed by atoms with Crippen LogP contribution in [-0.4, -0.2) is 38.9 Å². The fourth-order valence-electron chi connectivity index (χ4n) is 2.49. The molecule has 2 amide bonds. The van der Waals surface area contributed by atoms with Gasteiger partial charge in [0.1, 0.15) is 5.82 Å². The van der Waals surface area contributed by atoms with Crippen LogP contribution in [0.25, 0.3) is 0 Å². The summed E-state index contributed by atoms with van der Waals surface area (Å²) < 4.78 is 28.0. The number of carbonyl (C=O) groups excluding carboxylic acids is 2. The molecule has 27 heavy (non-hydrogen) atoms. The van der Waals surface area contributed by atoms with E-state index < -0.39 is 17.5 Å². The summed E-state index contributed by atoms with van der Waals surface area (Å²) in [6, 6.07) is 3.03. The van der Waals surface area contributed by atoms with E-state index in [1.807, 2.05) is 11.5 Å². The number of amides is 2. The number of carbonyl (C=O) groups is 2. The van der Waals surface area contributed by atoms with E-state index in [2.05, 4.69) is 20.8 Å². The van der Waals surface area contributed by atoms with Gasteiger partial charge in [-0.2, -0.15) is 0 Å². The van der Waals surface area contributed by atoms with Crippen LogP contribution in [0.15, 0.2) is 23.4 Å². The van der Waals surface area contributed by atoms with Gasteiger partial charge in [0.05, 0.1) is 12.3 Å². The largest absolute Gasteiger partial charge is 0.346 e. The third kappa shape index (κ3) is 5.03. The molecule has 2 aromatic rings. The van der Waals surface area contributed by atoms with Crippen molar-refractivity contribution in [2.24, 2.45) is 0 Å². The average Bonchev–Trinajstić information content (AvgIpc) is 3.41. The van der Waals surface area contributed by atoms with E-state index in [-0.39, 0.29) is 23.9 Å². The van der Waals surface area contributed by atoms with E-state index in [1.54, 1.807) is 0 Å². The number of benzene rings is 1. The monoisotopic (exact) mass is 395 g/mol. The summed E-state index contributed by atoms with van der Waals surface area (Å²) in [6.45, 7) is 2.47. The van der Waals surface area contributed by atoms with Crippen LogP contribution >= 0.6 is 11.8 Å². The Kier molecular flexibility index (Phi) is 6.04. The number of anilines is 1. The van der Waals surface area contributed by atoms with Gasteiger partial charge in [-0.3, -0.25) is 9.59 Å². The molecule has 0 aliphatic heterocycles. The van der Waals surface area contributed by atoms with Gasteiger partial charge in [0.2, 0.25) is 11.8 Å². The summed E-state index contributed by atoms with van der Waals surface area (Å²) >= 11 is 1.26. The second-order valence-electron chi connectivity index (χ2n) is 6.10. The zero-order chi connectivity index (χ0) is 19.4. The fraction of sp³-hybridized carbons (Fsp3) is 0.412. The molecule has 144 valence electrons. The molecule has 0 atom stereocenters. The molecule has 1 saturated carbocycles. The van der Waals surface area contributed by atoms with Crippen molar-refractivity contribution in [1.82, 2.24) is 20.1 Å². The Morgan fingerprint density at radius 3 is 2.67 bits per heavy atom. The van der Waals surface area contributed by atoms with Gasteiger partial charge in [0.15, 0.2) is 16.8 Å². The lowest BCUT2D eigenvalue weighted by Crippen LogP contribution is -2.34. The molecule has 1 heterocycles. The predicted octanol–water partition coefficient (Wildman–Crippen LogP) is 2.30. The molecule has 0 saturated heterocycles. The zero-order valence-electron chi connectivity index (χ0n) is 14.7. The SMILES string of the molecule is CCn1c(SCC(=O)NCC(=O)Nc2ccc(F)c(F)c2)nnc1C1CC1. The third-order valence-corrected chi connectivity index (χ3v) is 4.95. The average molecular weight is 395 g/mol. The molecule has 1 aliphatic carbocycles. The van der Waals surface area contributed by atoms with Crippen molar-refractivity contribution in [3.05, 3.63) is 35.7 Å². The van der Waals surface area contributed by atoms with Gasteiger partial charge in [-0.1, -0.05) is 11.8 Å². The van der Waals surface area contributed by atoms with E-state index in [1.165, 1.54) is 17.8 Å². The van der Waals surface area contributed by atoms with Crippen molar-refractivity contribution in [2.45, 2.75) is 37.4 Å². The van der Waals surface area contributed by atoms with Gasteiger partial charge in [-0.15, -0.1) is 10.2 Å². The van der Waals surface area contributed by atoms with Crippen molar-refractivity contribution in [1.29, 1.82) is 0 Å². The number of nitrogens with zero attached hydrogens (tertiary/aromatic N) is 3. The van der Waals surface area contributed by atoms with Gasteiger partial charge in [0.25, 0.3) is 0 Å². The number of nitrogens with one attached hydrogen (secondary N) is 2. The van der Waals surface area contributed by atoms with Crippen molar-refractivity contribution >= 4 is 29.3 Å². The molecule has 3 rings (SSSR count). The summed E-state index contributed by atoms with van der Waals surface area (Å²) in [5, 5.41) is 13.9. The van der Waals surface area contributed by atoms with Gasteiger partial charge in [0, 0.05) is 24.2 Å². The number of thioether (sulfide) groups is 1. The number of aromatic nitrogens is 3. The highest BCUT2D eigenvalue weighted by atomic mass is 32.2. The fourth-order valence-corrected chi connectivity index (χ4v) is 3.33. The van der Waals surface area contributed by atoms with E-state index in [4.69, 9.17) is 0 Å². The lowest BCUT2D eigenvalue weighted by Gasteiger charge is -2.08. The van der Waals surface area contributed by atoms with Gasteiger partial charge in [-0.25, -0.2) is 8.78 Å². The molecule has 1 aromatic heterocycles. The summed E-state index contributed by atoms with van der Waals surface area (Å²) in [4.78, 5) is 23.7. The van der Waals surface area contributed by atoms with Gasteiger partial charge < -0.3 is 15.2 Å². The van der Waals surface area contributed by atoms with Crippen molar-refractivity contribution in [3.63, 3.8) is 0 Å². The smallest absolute Gasteiger partial charge is 0.243 e. The van der Waals surface area contributed by atoms with E-state index in [0.29, 0.717) is 11.1 Å². The van der Waals surface area contributed by atoms with Crippen LogP contribution in [0, 0.1) is 11.6 Å². The third-order valence-electron chi connectivity index (χ3n) is 3.99. The molecule has 7 nitrogen and oxygen atoms in total. The van der Waals surface area contributed by atoms with Crippen molar-refractivity contribution < 1.29 is 18.4 Å². The second kappa shape index (κ2) is 8.47. The molecule has 1 fully saturated rings. The molecule has 1 aromatic carbocycles. The van der Waals surface area contributed by atoms with Crippen LogP contribution in [-0.2, 0) is 16.1 Å². The van der Waals surface area contributed by atoms with Crippen LogP contribution < -0.4 is 10.6 Å². The van der Waals surface area contributed by atoms with Crippen LogP contribution in [0.2, 0.25) is 0 Å². The number of halogens is 2. The van der Waals surface area contributed by atoms with Crippen molar-refractivity contribution in [2.75, 3.05) is 17.6 Å². The van der Waals surface area contributed by atoms with Gasteiger partial charge >= 0.3 is 0 Å². The molecular weight excluding hydrogens is 376 g/mol. The van der Waals surface area contributed by atoms with Crippen LogP contribution in [0.3, 0.4) is 0 Å². The Labute approximate surface area is 158 Å². The maximum Gasteiger partial charge on any atom is 0.243 e. The summed E-state index contributed by atoms with van der Waals surface area (Å²) in [7, 11) is 0. The highest BCUT2D eigenvalue weighted by Crippen LogP contribution is 2.39. The van der Waals surface area contributed by atoms with Crippen molar-refractivity contribution in [3.8, 4) is 0 Å². The van der Waals surface area contributed by atoms with E-state index in [0.717, 1.165) is 37.3 Å². The van der Waals surface area contributed by atoms with Crippen LogP contribution in [0.5, 0.6) is 0 Å². The summed E-state index contributed by atoms with van der Waals surface area (Å²) in [5.41, 5.74) is 0.117. The summed E-state index contributed by atoms with van der Waals surface area (Å²) in [6.07, 6.45) is 2.24. The van der Waals surface area contributed by atoms with Gasteiger partial charge in [-0.05, 0) is 31.9 Å². The first-order chi connectivity index (χ1) is 13.0. The Morgan fingerprint density at radius 1 is 1.22 bits per heavy atom. The molecule has 1 aliphatic rings.